The van der Waals surface area contributed by atoms with Crippen LogP contribution >= 0.6 is 0 Å². The van der Waals surface area contributed by atoms with E-state index in [0.717, 1.165) is 22.9 Å². The molecule has 24 heavy (non-hydrogen) atoms. The van der Waals surface area contributed by atoms with Crippen molar-refractivity contribution >= 4 is 21.7 Å². The van der Waals surface area contributed by atoms with E-state index in [1.165, 1.54) is 6.07 Å². The monoisotopic (exact) mass is 327 g/mol. The number of phenols is 1. The van der Waals surface area contributed by atoms with Crippen LogP contribution in [0.1, 0.15) is 5.56 Å². The molecule has 0 aliphatic heterocycles. The number of H-pyrrole nitrogens is 1. The molecule has 4 aromatic rings. The summed E-state index contributed by atoms with van der Waals surface area (Å²) in [5, 5.41) is 12.5. The van der Waals surface area contributed by atoms with Gasteiger partial charge in [0, 0.05) is 28.2 Å². The fourth-order valence-corrected chi connectivity index (χ4v) is 3.05. The van der Waals surface area contributed by atoms with Crippen molar-refractivity contribution in [3.8, 4) is 16.9 Å². The summed E-state index contributed by atoms with van der Waals surface area (Å²) in [4.78, 5) is 2.98. The Bertz CT molecular complexity index is 1060. The Balaban J connectivity index is 2.06. The van der Waals surface area contributed by atoms with E-state index in [4.69, 9.17) is 0 Å². The van der Waals surface area contributed by atoms with Gasteiger partial charge in [-0.15, -0.1) is 0 Å². The van der Waals surface area contributed by atoms with Crippen molar-refractivity contribution in [2.24, 2.45) is 0 Å². The van der Waals surface area contributed by atoms with Crippen LogP contribution < -0.4 is 0 Å². The van der Waals surface area contributed by atoms with Crippen molar-refractivity contribution in [2.45, 2.75) is 6.18 Å². The average molecular weight is 327 g/mol. The van der Waals surface area contributed by atoms with Crippen LogP contribution in [0.4, 0.5) is 13.2 Å². The number of phenolic OH excluding ortho intramolecular Hbond substituents is 1. The SMILES string of the molecule is Oc1ccc2ccccc2c1-c1c[nH]c2ccc(C(F)(F)F)cc12. The third-order valence-electron chi connectivity index (χ3n) is 4.19. The maximum atomic E-state index is 13.0. The van der Waals surface area contributed by atoms with Gasteiger partial charge in [-0.2, -0.15) is 13.2 Å². The number of fused-ring (bicyclic) bond motifs is 2. The molecule has 0 spiro atoms. The minimum atomic E-state index is -4.41. The number of rotatable bonds is 1. The van der Waals surface area contributed by atoms with E-state index in [2.05, 4.69) is 4.98 Å². The molecule has 4 rings (SSSR count). The van der Waals surface area contributed by atoms with E-state index < -0.39 is 11.7 Å². The molecule has 0 unspecified atom stereocenters. The molecule has 0 fully saturated rings. The molecular weight excluding hydrogens is 315 g/mol. The molecule has 0 bridgehead atoms. The fraction of sp³-hybridized carbons (Fsp3) is 0.0526. The van der Waals surface area contributed by atoms with Crippen LogP contribution in [0, 0.1) is 0 Å². The summed E-state index contributed by atoms with van der Waals surface area (Å²) in [5.74, 6) is 0.0343. The third-order valence-corrected chi connectivity index (χ3v) is 4.19. The first kappa shape index (κ1) is 14.6. The van der Waals surface area contributed by atoms with E-state index in [0.29, 0.717) is 22.0 Å². The second kappa shape index (κ2) is 5.03. The topological polar surface area (TPSA) is 36.0 Å². The van der Waals surface area contributed by atoms with Gasteiger partial charge in [-0.3, -0.25) is 0 Å². The molecule has 120 valence electrons. The Hall–Kier alpha value is -2.95. The van der Waals surface area contributed by atoms with Gasteiger partial charge in [-0.25, -0.2) is 0 Å². The molecule has 0 amide bonds. The van der Waals surface area contributed by atoms with Crippen molar-refractivity contribution < 1.29 is 18.3 Å². The van der Waals surface area contributed by atoms with Gasteiger partial charge >= 0.3 is 6.18 Å². The van der Waals surface area contributed by atoms with Crippen molar-refractivity contribution in [3.63, 3.8) is 0 Å². The van der Waals surface area contributed by atoms with Gasteiger partial charge in [0.1, 0.15) is 5.75 Å². The zero-order valence-corrected chi connectivity index (χ0v) is 12.4. The van der Waals surface area contributed by atoms with Crippen molar-refractivity contribution in [3.05, 3.63) is 66.4 Å². The zero-order chi connectivity index (χ0) is 16.9. The normalized spacial score (nSPS) is 12.1. The first-order valence-corrected chi connectivity index (χ1v) is 7.34. The van der Waals surface area contributed by atoms with Crippen molar-refractivity contribution in [1.82, 2.24) is 4.98 Å². The lowest BCUT2D eigenvalue weighted by Crippen LogP contribution is -2.04. The molecule has 2 nitrogen and oxygen atoms in total. The van der Waals surface area contributed by atoms with Gasteiger partial charge in [-0.05, 0) is 35.0 Å². The van der Waals surface area contributed by atoms with Crippen LogP contribution in [0.25, 0.3) is 32.8 Å². The molecule has 3 aromatic carbocycles. The Labute approximate surface area is 135 Å². The highest BCUT2D eigenvalue weighted by Gasteiger charge is 2.31. The van der Waals surface area contributed by atoms with E-state index in [9.17, 15) is 18.3 Å². The van der Waals surface area contributed by atoms with Crippen LogP contribution in [0.5, 0.6) is 5.75 Å². The zero-order valence-electron chi connectivity index (χ0n) is 12.4. The lowest BCUT2D eigenvalue weighted by molar-refractivity contribution is -0.137. The lowest BCUT2D eigenvalue weighted by Gasteiger charge is -2.10. The lowest BCUT2D eigenvalue weighted by atomic mass is 9.96. The van der Waals surface area contributed by atoms with Crippen LogP contribution in [-0.2, 0) is 6.18 Å². The average Bonchev–Trinajstić information content (AvgIpc) is 2.97. The molecule has 2 N–H and O–H groups in total. The minimum absolute atomic E-state index is 0.0343. The third kappa shape index (κ3) is 2.21. The summed E-state index contributed by atoms with van der Waals surface area (Å²) >= 11 is 0. The smallest absolute Gasteiger partial charge is 0.416 e. The molecular formula is C19H12F3NO. The Morgan fingerprint density at radius 3 is 2.46 bits per heavy atom. The predicted octanol–water partition coefficient (Wildman–Crippen LogP) is 5.71. The van der Waals surface area contributed by atoms with Crippen LogP contribution in [-0.4, -0.2) is 10.1 Å². The maximum Gasteiger partial charge on any atom is 0.416 e. The first-order chi connectivity index (χ1) is 11.4. The maximum absolute atomic E-state index is 13.0. The van der Waals surface area contributed by atoms with Gasteiger partial charge in [0.25, 0.3) is 0 Å². The highest BCUT2D eigenvalue weighted by atomic mass is 19.4. The number of alkyl halides is 3. The summed E-state index contributed by atoms with van der Waals surface area (Å²) in [6.07, 6.45) is -2.78. The number of aromatic hydroxyl groups is 1. The molecule has 1 aromatic heterocycles. The van der Waals surface area contributed by atoms with Gasteiger partial charge in [0.2, 0.25) is 0 Å². The van der Waals surface area contributed by atoms with Gasteiger partial charge in [0.15, 0.2) is 0 Å². The summed E-state index contributed by atoms with van der Waals surface area (Å²) in [6.45, 7) is 0. The number of hydrogen-bond acceptors (Lipinski definition) is 1. The van der Waals surface area contributed by atoms with Crippen LogP contribution in [0.15, 0.2) is 60.8 Å². The number of aromatic amines is 1. The van der Waals surface area contributed by atoms with Gasteiger partial charge in [0.05, 0.1) is 5.56 Å². The Morgan fingerprint density at radius 2 is 1.67 bits per heavy atom. The van der Waals surface area contributed by atoms with E-state index in [1.54, 1.807) is 18.3 Å². The standard InChI is InChI=1S/C19H12F3NO/c20-19(21,22)12-6-7-16-14(9-12)15(10-23-16)18-13-4-2-1-3-11(13)5-8-17(18)24/h1-10,23-24H. The van der Waals surface area contributed by atoms with E-state index in [-0.39, 0.29) is 5.75 Å². The molecule has 5 heteroatoms. The second-order valence-corrected chi connectivity index (χ2v) is 5.64. The molecule has 0 saturated heterocycles. The quantitative estimate of drug-likeness (QED) is 0.461. The van der Waals surface area contributed by atoms with Crippen LogP contribution in [0.3, 0.4) is 0 Å². The summed E-state index contributed by atoms with van der Waals surface area (Å²) in [7, 11) is 0. The molecule has 0 saturated carbocycles. The molecule has 0 aliphatic carbocycles. The summed E-state index contributed by atoms with van der Waals surface area (Å²) in [6, 6.07) is 14.4. The molecule has 0 aliphatic rings. The second-order valence-electron chi connectivity index (χ2n) is 5.64. The number of benzene rings is 3. The summed E-state index contributed by atoms with van der Waals surface area (Å²) in [5.41, 5.74) is 0.949. The Morgan fingerprint density at radius 1 is 0.875 bits per heavy atom. The predicted molar refractivity (Wildman–Crippen MR) is 87.9 cm³/mol. The molecule has 0 atom stereocenters. The first-order valence-electron chi connectivity index (χ1n) is 7.34. The Kier molecular flexibility index (Phi) is 3.06. The van der Waals surface area contributed by atoms with Gasteiger partial charge < -0.3 is 10.1 Å². The van der Waals surface area contributed by atoms with Gasteiger partial charge in [-0.1, -0.05) is 30.3 Å². The van der Waals surface area contributed by atoms with Crippen molar-refractivity contribution in [1.29, 1.82) is 0 Å². The van der Waals surface area contributed by atoms with E-state index >= 15 is 0 Å². The minimum Gasteiger partial charge on any atom is -0.507 e. The number of hydrogen-bond donors (Lipinski definition) is 2. The van der Waals surface area contributed by atoms with E-state index in [1.807, 2.05) is 24.3 Å². The highest BCUT2D eigenvalue weighted by molar-refractivity contribution is 6.07. The van der Waals surface area contributed by atoms with Crippen molar-refractivity contribution in [2.75, 3.05) is 0 Å². The highest BCUT2D eigenvalue weighted by Crippen LogP contribution is 2.41. The number of halogens is 3. The molecule has 1 heterocycles. The largest absolute Gasteiger partial charge is 0.507 e. The number of nitrogens with one attached hydrogen (secondary N) is 1. The fourth-order valence-electron chi connectivity index (χ4n) is 3.05. The number of aromatic nitrogens is 1. The molecule has 0 radical (unpaired) electrons. The van der Waals surface area contributed by atoms with Crippen LogP contribution in [0.2, 0.25) is 0 Å². The summed E-state index contributed by atoms with van der Waals surface area (Å²) < 4.78 is 39.1.